The highest BCUT2D eigenvalue weighted by Gasteiger charge is 2.20. The van der Waals surface area contributed by atoms with Crippen LogP contribution in [0.5, 0.6) is 0 Å². The monoisotopic (exact) mass is 287 g/mol. The van der Waals surface area contributed by atoms with Crippen molar-refractivity contribution in [3.05, 3.63) is 34.1 Å². The van der Waals surface area contributed by atoms with Crippen LogP contribution >= 0.6 is 23.2 Å². The standard InChI is InChI=1S/C11H11Cl2N3O2/c1-5(17)9(14)11-15-10(16-18-11)6-2-3-7(12)8(13)4-6/h2-5,9,17H,14H2,1H3. The van der Waals surface area contributed by atoms with E-state index in [1.165, 1.54) is 0 Å². The number of benzene rings is 1. The van der Waals surface area contributed by atoms with Gasteiger partial charge in [0.25, 0.3) is 0 Å². The number of hydrogen-bond donors (Lipinski definition) is 2. The first-order valence-corrected chi connectivity index (χ1v) is 5.97. The summed E-state index contributed by atoms with van der Waals surface area (Å²) in [4.78, 5) is 4.11. The molecule has 5 nitrogen and oxygen atoms in total. The maximum Gasteiger partial charge on any atom is 0.246 e. The molecule has 2 aromatic rings. The van der Waals surface area contributed by atoms with Crippen LogP contribution in [0, 0.1) is 0 Å². The molecule has 0 bridgehead atoms. The molecule has 1 aromatic heterocycles. The molecule has 2 unspecified atom stereocenters. The van der Waals surface area contributed by atoms with E-state index in [1.54, 1.807) is 25.1 Å². The average molecular weight is 288 g/mol. The lowest BCUT2D eigenvalue weighted by atomic mass is 10.2. The number of aliphatic hydroxyl groups is 1. The first-order valence-electron chi connectivity index (χ1n) is 5.21. The van der Waals surface area contributed by atoms with Crippen molar-refractivity contribution in [1.82, 2.24) is 10.1 Å². The fourth-order valence-electron chi connectivity index (χ4n) is 1.33. The van der Waals surface area contributed by atoms with Gasteiger partial charge in [0.2, 0.25) is 11.7 Å². The Morgan fingerprint density at radius 2 is 2.06 bits per heavy atom. The summed E-state index contributed by atoms with van der Waals surface area (Å²) < 4.78 is 4.99. The van der Waals surface area contributed by atoms with Gasteiger partial charge >= 0.3 is 0 Å². The minimum Gasteiger partial charge on any atom is -0.391 e. The van der Waals surface area contributed by atoms with Crippen LogP contribution in [0.25, 0.3) is 11.4 Å². The Kier molecular flexibility index (Phi) is 3.87. The first kappa shape index (κ1) is 13.3. The fraction of sp³-hybridized carbons (Fsp3) is 0.273. The number of aromatic nitrogens is 2. The van der Waals surface area contributed by atoms with E-state index >= 15 is 0 Å². The zero-order chi connectivity index (χ0) is 13.3. The number of rotatable bonds is 3. The van der Waals surface area contributed by atoms with E-state index < -0.39 is 12.1 Å². The summed E-state index contributed by atoms with van der Waals surface area (Å²) in [5.74, 6) is 0.519. The second-order valence-electron chi connectivity index (χ2n) is 3.85. The van der Waals surface area contributed by atoms with Gasteiger partial charge in [-0.05, 0) is 25.1 Å². The van der Waals surface area contributed by atoms with Crippen LogP contribution in [0.15, 0.2) is 22.7 Å². The van der Waals surface area contributed by atoms with Gasteiger partial charge in [-0.2, -0.15) is 4.98 Å². The zero-order valence-corrected chi connectivity index (χ0v) is 11.0. The molecule has 3 N–H and O–H groups in total. The third kappa shape index (κ3) is 2.64. The van der Waals surface area contributed by atoms with Crippen molar-refractivity contribution in [3.63, 3.8) is 0 Å². The van der Waals surface area contributed by atoms with E-state index in [9.17, 15) is 5.11 Å². The molecule has 0 saturated heterocycles. The Morgan fingerprint density at radius 3 is 2.67 bits per heavy atom. The van der Waals surface area contributed by atoms with Crippen molar-refractivity contribution in [2.75, 3.05) is 0 Å². The molecule has 1 aromatic carbocycles. The Morgan fingerprint density at radius 1 is 1.33 bits per heavy atom. The second-order valence-corrected chi connectivity index (χ2v) is 4.67. The van der Waals surface area contributed by atoms with Crippen molar-refractivity contribution in [2.24, 2.45) is 5.73 Å². The van der Waals surface area contributed by atoms with Crippen LogP contribution in [0.3, 0.4) is 0 Å². The summed E-state index contributed by atoms with van der Waals surface area (Å²) >= 11 is 11.7. The van der Waals surface area contributed by atoms with Gasteiger partial charge in [-0.15, -0.1) is 0 Å². The van der Waals surface area contributed by atoms with Crippen LogP contribution in [0.4, 0.5) is 0 Å². The topological polar surface area (TPSA) is 85.2 Å². The van der Waals surface area contributed by atoms with E-state index in [-0.39, 0.29) is 5.89 Å². The zero-order valence-electron chi connectivity index (χ0n) is 9.47. The van der Waals surface area contributed by atoms with Crippen LogP contribution in [0.2, 0.25) is 10.0 Å². The Hall–Kier alpha value is -1.14. The number of hydrogen-bond acceptors (Lipinski definition) is 5. The van der Waals surface area contributed by atoms with Gasteiger partial charge in [0.05, 0.1) is 16.1 Å². The molecule has 0 amide bonds. The highest BCUT2D eigenvalue weighted by atomic mass is 35.5. The summed E-state index contributed by atoms with van der Waals surface area (Å²) in [5, 5.41) is 14.0. The summed E-state index contributed by atoms with van der Waals surface area (Å²) in [5.41, 5.74) is 6.35. The number of nitrogens with zero attached hydrogens (tertiary/aromatic N) is 2. The van der Waals surface area contributed by atoms with E-state index in [1.807, 2.05) is 0 Å². The molecule has 0 saturated carbocycles. The maximum atomic E-state index is 9.34. The van der Waals surface area contributed by atoms with Gasteiger partial charge in [0.15, 0.2) is 0 Å². The molecular formula is C11H11Cl2N3O2. The molecular weight excluding hydrogens is 277 g/mol. The Balaban J connectivity index is 2.32. The summed E-state index contributed by atoms with van der Waals surface area (Å²) in [6, 6.07) is 4.28. The molecule has 2 atom stereocenters. The Bertz CT molecular complexity index is 557. The van der Waals surface area contributed by atoms with Crippen LogP contribution in [-0.2, 0) is 0 Å². The van der Waals surface area contributed by atoms with Crippen molar-refractivity contribution >= 4 is 23.2 Å². The van der Waals surface area contributed by atoms with Gasteiger partial charge in [-0.3, -0.25) is 0 Å². The highest BCUT2D eigenvalue weighted by molar-refractivity contribution is 6.42. The normalized spacial score (nSPS) is 14.5. The highest BCUT2D eigenvalue weighted by Crippen LogP contribution is 2.27. The molecule has 7 heteroatoms. The van der Waals surface area contributed by atoms with Gasteiger partial charge < -0.3 is 15.4 Å². The van der Waals surface area contributed by atoms with Crippen molar-refractivity contribution < 1.29 is 9.63 Å². The molecule has 0 fully saturated rings. The second kappa shape index (κ2) is 5.24. The molecule has 1 heterocycles. The van der Waals surface area contributed by atoms with E-state index in [4.69, 9.17) is 33.5 Å². The first-order chi connectivity index (χ1) is 8.49. The molecule has 0 spiro atoms. The quantitative estimate of drug-likeness (QED) is 0.906. The van der Waals surface area contributed by atoms with Crippen LogP contribution in [0.1, 0.15) is 18.9 Å². The largest absolute Gasteiger partial charge is 0.391 e. The lowest BCUT2D eigenvalue weighted by Gasteiger charge is -2.08. The van der Waals surface area contributed by atoms with Crippen LogP contribution < -0.4 is 5.73 Å². The minimum absolute atomic E-state index is 0.172. The lowest BCUT2D eigenvalue weighted by molar-refractivity contribution is 0.146. The maximum absolute atomic E-state index is 9.34. The predicted octanol–water partition coefficient (Wildman–Crippen LogP) is 2.42. The summed E-state index contributed by atoms with van der Waals surface area (Å²) in [6.07, 6.45) is -0.771. The smallest absolute Gasteiger partial charge is 0.246 e. The third-order valence-electron chi connectivity index (χ3n) is 2.42. The third-order valence-corrected chi connectivity index (χ3v) is 3.16. The van der Waals surface area contributed by atoms with Gasteiger partial charge in [-0.1, -0.05) is 28.4 Å². The lowest BCUT2D eigenvalue weighted by Crippen LogP contribution is -2.23. The minimum atomic E-state index is -0.771. The van der Waals surface area contributed by atoms with Gasteiger partial charge in [0, 0.05) is 5.56 Å². The van der Waals surface area contributed by atoms with Crippen molar-refractivity contribution in [3.8, 4) is 11.4 Å². The van der Waals surface area contributed by atoms with Gasteiger partial charge in [-0.25, -0.2) is 0 Å². The molecule has 0 radical (unpaired) electrons. The van der Waals surface area contributed by atoms with E-state index in [2.05, 4.69) is 10.1 Å². The fourth-order valence-corrected chi connectivity index (χ4v) is 1.63. The summed E-state index contributed by atoms with van der Waals surface area (Å²) in [6.45, 7) is 1.55. The average Bonchev–Trinajstić information content (AvgIpc) is 2.81. The van der Waals surface area contributed by atoms with E-state index in [0.29, 0.717) is 21.4 Å². The molecule has 18 heavy (non-hydrogen) atoms. The van der Waals surface area contributed by atoms with Crippen molar-refractivity contribution in [1.29, 1.82) is 0 Å². The van der Waals surface area contributed by atoms with Crippen LogP contribution in [-0.4, -0.2) is 21.4 Å². The molecule has 2 rings (SSSR count). The number of halogens is 2. The molecule has 0 aliphatic carbocycles. The predicted molar refractivity (Wildman–Crippen MR) is 68.4 cm³/mol. The SMILES string of the molecule is CC(O)C(N)c1nc(-c2ccc(Cl)c(Cl)c2)no1. The van der Waals surface area contributed by atoms with Gasteiger partial charge in [0.1, 0.15) is 6.04 Å². The molecule has 0 aliphatic rings. The van der Waals surface area contributed by atoms with Crippen molar-refractivity contribution in [2.45, 2.75) is 19.1 Å². The van der Waals surface area contributed by atoms with E-state index in [0.717, 1.165) is 0 Å². The molecule has 0 aliphatic heterocycles. The number of aliphatic hydroxyl groups excluding tert-OH is 1. The molecule has 96 valence electrons. The summed E-state index contributed by atoms with van der Waals surface area (Å²) in [7, 11) is 0. The number of nitrogens with two attached hydrogens (primary N) is 1. The Labute approximate surface area is 114 Å².